The third kappa shape index (κ3) is 2.59. The normalized spacial score (nSPS) is 15.5. The Morgan fingerprint density at radius 1 is 1.42 bits per heavy atom. The van der Waals surface area contributed by atoms with Crippen LogP contribution in [0.5, 0.6) is 0 Å². The van der Waals surface area contributed by atoms with E-state index in [-0.39, 0.29) is 11.8 Å². The number of aromatic amines is 1. The van der Waals surface area contributed by atoms with Crippen LogP contribution in [0.15, 0.2) is 36.7 Å². The summed E-state index contributed by atoms with van der Waals surface area (Å²) >= 11 is 6.28. The number of rotatable bonds is 3. The molecule has 1 N–H and O–H groups in total. The molecular weight excluding hydrogens is 324 g/mol. The van der Waals surface area contributed by atoms with Crippen molar-refractivity contribution in [2.24, 2.45) is 5.92 Å². The highest BCUT2D eigenvalue weighted by atomic mass is 35.5. The summed E-state index contributed by atoms with van der Waals surface area (Å²) in [6, 6.07) is 7.79. The number of halogens is 1. The van der Waals surface area contributed by atoms with Gasteiger partial charge in [-0.2, -0.15) is 5.10 Å². The molecule has 1 aliphatic rings. The predicted octanol–water partition coefficient (Wildman–Crippen LogP) is 3.24. The Morgan fingerprint density at radius 3 is 3.08 bits per heavy atom. The average molecular weight is 343 g/mol. The molecular formula is C18H19ClN4O. The zero-order valence-corrected chi connectivity index (χ0v) is 14.3. The lowest BCUT2D eigenvalue weighted by Gasteiger charge is -2.29. The lowest BCUT2D eigenvalue weighted by Crippen LogP contribution is -2.40. The molecule has 0 bridgehead atoms. The highest BCUT2D eigenvalue weighted by Gasteiger charge is 2.27. The van der Waals surface area contributed by atoms with Gasteiger partial charge in [0.05, 0.1) is 23.0 Å². The summed E-state index contributed by atoms with van der Waals surface area (Å²) in [5, 5.41) is 6.04. The number of nitrogens with zero attached hydrogens (tertiary/aromatic N) is 3. The number of carbonyl (C=O) groups is 1. The fraction of sp³-hybridized carbons (Fsp3) is 0.333. The van der Waals surface area contributed by atoms with Crippen molar-refractivity contribution in [3.63, 3.8) is 0 Å². The van der Waals surface area contributed by atoms with Crippen LogP contribution in [-0.4, -0.2) is 32.1 Å². The van der Waals surface area contributed by atoms with Crippen molar-refractivity contribution in [3.8, 4) is 0 Å². The first kappa shape index (κ1) is 15.3. The lowest BCUT2D eigenvalue weighted by molar-refractivity contribution is -0.136. The average Bonchev–Trinajstić information content (AvgIpc) is 3.22. The SMILES string of the molecule is C[C@@H](Cn1cccn1)C(=O)N1CCc2[nH]c3c(Cl)cccc3c2C1. The Labute approximate surface area is 145 Å². The largest absolute Gasteiger partial charge is 0.357 e. The molecule has 0 saturated heterocycles. The van der Waals surface area contributed by atoms with Crippen LogP contribution < -0.4 is 0 Å². The van der Waals surface area contributed by atoms with Gasteiger partial charge in [0.2, 0.25) is 5.91 Å². The van der Waals surface area contributed by atoms with E-state index in [2.05, 4.69) is 16.1 Å². The van der Waals surface area contributed by atoms with Crippen LogP contribution in [0, 0.1) is 5.92 Å². The first-order valence-corrected chi connectivity index (χ1v) is 8.55. The van der Waals surface area contributed by atoms with E-state index < -0.39 is 0 Å². The van der Waals surface area contributed by atoms with E-state index >= 15 is 0 Å². The van der Waals surface area contributed by atoms with Crippen LogP contribution in [0.2, 0.25) is 5.02 Å². The minimum Gasteiger partial charge on any atom is -0.357 e. The Morgan fingerprint density at radius 2 is 2.29 bits per heavy atom. The summed E-state index contributed by atoms with van der Waals surface area (Å²) in [5.41, 5.74) is 3.36. The standard InChI is InChI=1S/C18H19ClN4O/c1-12(10-23-8-3-7-20-23)18(24)22-9-6-16-14(11-22)13-4-2-5-15(19)17(13)21-16/h2-5,7-8,12,21H,6,9-11H2,1H3/t12-/m0/s1. The molecule has 1 atom stereocenters. The second-order valence-electron chi connectivity index (χ2n) is 6.38. The monoisotopic (exact) mass is 342 g/mol. The number of benzene rings is 1. The topological polar surface area (TPSA) is 53.9 Å². The molecule has 1 aliphatic heterocycles. The maximum absolute atomic E-state index is 12.8. The molecule has 0 saturated carbocycles. The van der Waals surface area contributed by atoms with E-state index in [0.29, 0.717) is 13.1 Å². The molecule has 0 spiro atoms. The zero-order valence-electron chi connectivity index (χ0n) is 13.5. The van der Waals surface area contributed by atoms with Crippen molar-refractivity contribution in [2.75, 3.05) is 6.54 Å². The number of nitrogens with one attached hydrogen (secondary N) is 1. The third-order valence-electron chi connectivity index (χ3n) is 4.71. The van der Waals surface area contributed by atoms with Crippen LogP contribution in [0.3, 0.4) is 0 Å². The van der Waals surface area contributed by atoms with Crippen LogP contribution in [0.1, 0.15) is 18.2 Å². The first-order chi connectivity index (χ1) is 11.6. The summed E-state index contributed by atoms with van der Waals surface area (Å²) in [4.78, 5) is 18.2. The summed E-state index contributed by atoms with van der Waals surface area (Å²) in [6.45, 7) is 3.94. The summed E-state index contributed by atoms with van der Waals surface area (Å²) in [5.74, 6) is 0.0766. The van der Waals surface area contributed by atoms with Crippen molar-refractivity contribution in [3.05, 3.63) is 52.9 Å². The number of hydrogen-bond acceptors (Lipinski definition) is 2. The number of carbonyl (C=O) groups excluding carboxylic acids is 1. The Kier molecular flexibility index (Phi) is 3.81. The molecule has 3 aromatic rings. The molecule has 0 aliphatic carbocycles. The van der Waals surface area contributed by atoms with E-state index in [0.717, 1.165) is 28.9 Å². The number of para-hydroxylation sites is 1. The van der Waals surface area contributed by atoms with Gasteiger partial charge in [0.25, 0.3) is 0 Å². The zero-order chi connectivity index (χ0) is 16.7. The van der Waals surface area contributed by atoms with Gasteiger partial charge < -0.3 is 9.88 Å². The van der Waals surface area contributed by atoms with Gasteiger partial charge >= 0.3 is 0 Å². The fourth-order valence-electron chi connectivity index (χ4n) is 3.47. The quantitative estimate of drug-likeness (QED) is 0.794. The fourth-order valence-corrected chi connectivity index (χ4v) is 3.69. The Bertz CT molecular complexity index is 884. The van der Waals surface area contributed by atoms with Gasteiger partial charge in [-0.3, -0.25) is 9.48 Å². The highest BCUT2D eigenvalue weighted by molar-refractivity contribution is 6.35. The van der Waals surface area contributed by atoms with Crippen molar-refractivity contribution in [1.29, 1.82) is 0 Å². The molecule has 1 aromatic carbocycles. The molecule has 6 heteroatoms. The molecule has 2 aromatic heterocycles. The predicted molar refractivity (Wildman–Crippen MR) is 93.8 cm³/mol. The molecule has 0 radical (unpaired) electrons. The van der Waals surface area contributed by atoms with Gasteiger partial charge in [0.15, 0.2) is 0 Å². The minimum absolute atomic E-state index is 0.0970. The van der Waals surface area contributed by atoms with Crippen LogP contribution in [-0.2, 0) is 24.3 Å². The van der Waals surface area contributed by atoms with Gasteiger partial charge in [-0.15, -0.1) is 0 Å². The van der Waals surface area contributed by atoms with Crippen molar-refractivity contribution >= 4 is 28.4 Å². The minimum atomic E-state index is -0.0970. The van der Waals surface area contributed by atoms with E-state index in [1.807, 2.05) is 40.9 Å². The number of H-pyrrole nitrogens is 1. The summed E-state index contributed by atoms with van der Waals surface area (Å²) < 4.78 is 1.81. The number of amides is 1. The molecule has 0 fully saturated rings. The van der Waals surface area contributed by atoms with E-state index in [1.165, 1.54) is 11.3 Å². The number of fused-ring (bicyclic) bond motifs is 3. The molecule has 5 nitrogen and oxygen atoms in total. The van der Waals surface area contributed by atoms with Crippen LogP contribution >= 0.6 is 11.6 Å². The molecule has 124 valence electrons. The van der Waals surface area contributed by atoms with Gasteiger partial charge in [0.1, 0.15) is 0 Å². The van der Waals surface area contributed by atoms with E-state index in [4.69, 9.17) is 11.6 Å². The molecule has 4 rings (SSSR count). The Hall–Kier alpha value is -2.27. The summed E-state index contributed by atoms with van der Waals surface area (Å²) in [7, 11) is 0. The molecule has 0 unspecified atom stereocenters. The van der Waals surface area contributed by atoms with Crippen molar-refractivity contribution in [1.82, 2.24) is 19.7 Å². The van der Waals surface area contributed by atoms with Gasteiger partial charge in [-0.05, 0) is 12.1 Å². The van der Waals surface area contributed by atoms with Crippen LogP contribution in [0.25, 0.3) is 10.9 Å². The Balaban J connectivity index is 1.56. The first-order valence-electron chi connectivity index (χ1n) is 8.17. The second-order valence-corrected chi connectivity index (χ2v) is 6.79. The maximum Gasteiger partial charge on any atom is 0.227 e. The molecule has 3 heterocycles. The van der Waals surface area contributed by atoms with Gasteiger partial charge in [-0.1, -0.05) is 30.7 Å². The molecule has 1 amide bonds. The number of hydrogen-bond donors (Lipinski definition) is 1. The second kappa shape index (κ2) is 5.98. The smallest absolute Gasteiger partial charge is 0.227 e. The lowest BCUT2D eigenvalue weighted by atomic mass is 10.0. The van der Waals surface area contributed by atoms with E-state index in [9.17, 15) is 4.79 Å². The summed E-state index contributed by atoms with van der Waals surface area (Å²) in [6.07, 6.45) is 4.46. The van der Waals surface area contributed by atoms with Crippen molar-refractivity contribution in [2.45, 2.75) is 26.4 Å². The highest BCUT2D eigenvalue weighted by Crippen LogP contribution is 2.32. The third-order valence-corrected chi connectivity index (χ3v) is 5.03. The van der Waals surface area contributed by atoms with Crippen LogP contribution in [0.4, 0.5) is 0 Å². The van der Waals surface area contributed by atoms with Gasteiger partial charge in [-0.25, -0.2) is 0 Å². The van der Waals surface area contributed by atoms with Crippen molar-refractivity contribution < 1.29 is 4.79 Å². The maximum atomic E-state index is 12.8. The number of aromatic nitrogens is 3. The molecule has 24 heavy (non-hydrogen) atoms. The van der Waals surface area contributed by atoms with Gasteiger partial charge in [0, 0.05) is 48.5 Å². The van der Waals surface area contributed by atoms with E-state index in [1.54, 1.807) is 6.20 Å².